The Kier molecular flexibility index (Phi) is 6.85. The second-order valence-electron chi connectivity index (χ2n) is 6.43. The second kappa shape index (κ2) is 9.23. The molecule has 3 rings (SSSR count). The van der Waals surface area contributed by atoms with E-state index in [-0.39, 0.29) is 17.4 Å². The molecule has 0 bridgehead atoms. The van der Waals surface area contributed by atoms with Crippen LogP contribution < -0.4 is 5.32 Å². The first kappa shape index (κ1) is 23.0. The first-order chi connectivity index (χ1) is 14.6. The smallest absolute Gasteiger partial charge is 0.283 e. The number of carbonyl (C=O) groups is 1. The predicted molar refractivity (Wildman–Crippen MR) is 103 cm³/mol. The molecular formula is C18H14Cl2F5N5O. The van der Waals surface area contributed by atoms with Crippen molar-refractivity contribution < 1.29 is 26.7 Å². The van der Waals surface area contributed by atoms with Crippen molar-refractivity contribution in [1.29, 1.82) is 0 Å². The molecule has 0 fully saturated rings. The topological polar surface area (TPSA) is 64.7 Å². The fraction of sp³-hybridized carbons (Fsp3) is 0.278. The minimum absolute atomic E-state index is 0.0704. The third kappa shape index (κ3) is 4.99. The second-order valence-corrected chi connectivity index (χ2v) is 7.22. The van der Waals surface area contributed by atoms with E-state index in [0.29, 0.717) is 10.2 Å². The Hall–Kier alpha value is -2.66. The quantitative estimate of drug-likeness (QED) is 0.443. The van der Waals surface area contributed by atoms with Crippen LogP contribution in [-0.2, 0) is 11.3 Å². The van der Waals surface area contributed by atoms with Gasteiger partial charge in [-0.25, -0.2) is 26.6 Å². The van der Waals surface area contributed by atoms with Crippen LogP contribution in [0.4, 0.5) is 27.8 Å². The summed E-state index contributed by atoms with van der Waals surface area (Å²) in [4.78, 5) is 12.5. The lowest BCUT2D eigenvalue weighted by Crippen LogP contribution is -2.26. The van der Waals surface area contributed by atoms with Crippen LogP contribution >= 0.6 is 23.2 Å². The van der Waals surface area contributed by atoms with E-state index in [4.69, 9.17) is 23.2 Å². The zero-order valence-corrected chi connectivity index (χ0v) is 17.2. The Morgan fingerprint density at radius 1 is 1.13 bits per heavy atom. The Bertz CT molecular complexity index is 1100. The predicted octanol–water partition coefficient (Wildman–Crippen LogP) is 5.65. The van der Waals surface area contributed by atoms with Gasteiger partial charge in [-0.1, -0.05) is 29.3 Å². The number of hydrogen-bond acceptors (Lipinski definition) is 3. The Labute approximate surface area is 182 Å². The van der Waals surface area contributed by atoms with E-state index in [1.165, 1.54) is 36.0 Å². The number of rotatable bonds is 7. The van der Waals surface area contributed by atoms with Gasteiger partial charge in [0.15, 0.2) is 5.82 Å². The molecule has 166 valence electrons. The molecule has 0 aliphatic carbocycles. The molecule has 0 radical (unpaired) electrons. The molecule has 1 aromatic carbocycles. The monoisotopic (exact) mass is 481 g/mol. The summed E-state index contributed by atoms with van der Waals surface area (Å²) in [6, 6.07) is 3.91. The van der Waals surface area contributed by atoms with Crippen molar-refractivity contribution >= 4 is 34.9 Å². The highest BCUT2D eigenvalue weighted by Gasteiger charge is 2.32. The highest BCUT2D eigenvalue weighted by Crippen LogP contribution is 2.36. The van der Waals surface area contributed by atoms with E-state index in [1.54, 1.807) is 0 Å². The summed E-state index contributed by atoms with van der Waals surface area (Å²) < 4.78 is 67.6. The van der Waals surface area contributed by atoms with Gasteiger partial charge in [0.05, 0.1) is 11.6 Å². The number of alkyl halides is 4. The maximum atomic E-state index is 13.3. The molecule has 0 spiro atoms. The van der Waals surface area contributed by atoms with Gasteiger partial charge in [0.2, 0.25) is 5.91 Å². The molecule has 3 aromatic rings. The average Bonchev–Trinajstić information content (AvgIpc) is 3.27. The van der Waals surface area contributed by atoms with Crippen LogP contribution in [0.1, 0.15) is 42.8 Å². The first-order valence-electron chi connectivity index (χ1n) is 8.70. The van der Waals surface area contributed by atoms with Gasteiger partial charge < -0.3 is 5.32 Å². The lowest BCUT2D eigenvalue weighted by atomic mass is 10.2. The zero-order chi connectivity index (χ0) is 22.9. The van der Waals surface area contributed by atoms with Crippen molar-refractivity contribution in [2.24, 2.45) is 0 Å². The molecule has 1 unspecified atom stereocenters. The van der Waals surface area contributed by atoms with Crippen LogP contribution in [0.15, 0.2) is 30.5 Å². The summed E-state index contributed by atoms with van der Waals surface area (Å²) >= 11 is 11.6. The first-order valence-corrected chi connectivity index (χ1v) is 9.46. The number of nitrogens with one attached hydrogen (secondary N) is 1. The fourth-order valence-electron chi connectivity index (χ4n) is 2.76. The van der Waals surface area contributed by atoms with E-state index >= 15 is 0 Å². The molecule has 1 amide bonds. The Balaban J connectivity index is 1.76. The van der Waals surface area contributed by atoms with E-state index in [0.717, 1.165) is 6.07 Å². The van der Waals surface area contributed by atoms with Gasteiger partial charge in [-0.15, -0.1) is 0 Å². The number of nitrogens with zero attached hydrogens (tertiary/aromatic N) is 4. The van der Waals surface area contributed by atoms with Gasteiger partial charge in [0.1, 0.15) is 23.2 Å². The molecule has 0 aliphatic rings. The van der Waals surface area contributed by atoms with Gasteiger partial charge >= 0.3 is 0 Å². The minimum atomic E-state index is -3.22. The summed E-state index contributed by atoms with van der Waals surface area (Å²) in [6.07, 6.45) is -4.90. The Morgan fingerprint density at radius 2 is 1.84 bits per heavy atom. The van der Waals surface area contributed by atoms with Crippen molar-refractivity contribution in [3.63, 3.8) is 0 Å². The molecule has 2 heterocycles. The third-order valence-corrected chi connectivity index (χ3v) is 5.05. The molecule has 0 saturated carbocycles. The van der Waals surface area contributed by atoms with E-state index < -0.39 is 47.0 Å². The van der Waals surface area contributed by atoms with Crippen LogP contribution in [0.3, 0.4) is 0 Å². The van der Waals surface area contributed by atoms with Gasteiger partial charge in [0, 0.05) is 17.3 Å². The largest absolute Gasteiger partial charge is 0.307 e. The third-order valence-electron chi connectivity index (χ3n) is 4.31. The normalized spacial score (nSPS) is 12.6. The summed E-state index contributed by atoms with van der Waals surface area (Å²) in [5, 5.41) is 9.20. The molecule has 31 heavy (non-hydrogen) atoms. The summed E-state index contributed by atoms with van der Waals surface area (Å²) in [5.41, 5.74) is -1.43. The van der Waals surface area contributed by atoms with Crippen molar-refractivity contribution in [2.45, 2.75) is 32.4 Å². The fourth-order valence-corrected chi connectivity index (χ4v) is 3.27. The lowest BCUT2D eigenvalue weighted by Gasteiger charge is -2.14. The number of aromatic nitrogens is 4. The highest BCUT2D eigenvalue weighted by molar-refractivity contribution is 6.32. The average molecular weight is 482 g/mol. The zero-order valence-electron chi connectivity index (χ0n) is 15.7. The summed E-state index contributed by atoms with van der Waals surface area (Å²) in [7, 11) is 0. The summed E-state index contributed by atoms with van der Waals surface area (Å²) in [6.45, 7) is 1.38. The maximum absolute atomic E-state index is 13.3. The van der Waals surface area contributed by atoms with E-state index in [9.17, 15) is 26.7 Å². The molecule has 1 atom stereocenters. The molecule has 6 nitrogen and oxygen atoms in total. The number of benzene rings is 1. The molecule has 13 heteroatoms. The maximum Gasteiger partial charge on any atom is 0.283 e. The summed E-state index contributed by atoms with van der Waals surface area (Å²) in [5.74, 6) is -1.25. The van der Waals surface area contributed by atoms with Crippen molar-refractivity contribution in [3.05, 3.63) is 63.3 Å². The van der Waals surface area contributed by atoms with E-state index in [1.807, 2.05) is 0 Å². The number of halogens is 7. The van der Waals surface area contributed by atoms with Gasteiger partial charge in [-0.2, -0.15) is 10.2 Å². The molecular weight excluding hydrogens is 468 g/mol. The van der Waals surface area contributed by atoms with Gasteiger partial charge in [-0.05, 0) is 24.6 Å². The highest BCUT2D eigenvalue weighted by atomic mass is 35.5. The van der Waals surface area contributed by atoms with Crippen molar-refractivity contribution in [3.8, 4) is 0 Å². The SMILES string of the molecule is CC(C(=O)Nc1ccn(Cc2ccc(F)cc2Cl)n1)n1nc(C(F)F)c(Cl)c1C(F)F. The lowest BCUT2D eigenvalue weighted by molar-refractivity contribution is -0.119. The van der Waals surface area contributed by atoms with Crippen molar-refractivity contribution in [2.75, 3.05) is 5.32 Å². The number of carbonyl (C=O) groups excluding carboxylic acids is 1. The van der Waals surface area contributed by atoms with Crippen LogP contribution in [-0.4, -0.2) is 25.5 Å². The Morgan fingerprint density at radius 3 is 2.45 bits per heavy atom. The van der Waals surface area contributed by atoms with E-state index in [2.05, 4.69) is 15.5 Å². The number of anilines is 1. The van der Waals surface area contributed by atoms with Crippen molar-refractivity contribution in [1.82, 2.24) is 19.6 Å². The molecule has 2 aromatic heterocycles. The minimum Gasteiger partial charge on any atom is -0.307 e. The van der Waals surface area contributed by atoms with Crippen LogP contribution in [0.2, 0.25) is 10.0 Å². The molecule has 0 aliphatic heterocycles. The van der Waals surface area contributed by atoms with Gasteiger partial charge in [0.25, 0.3) is 12.9 Å². The molecule has 1 N–H and O–H groups in total. The molecule has 0 saturated heterocycles. The van der Waals surface area contributed by atoms with Crippen LogP contribution in [0.25, 0.3) is 0 Å². The standard InChI is InChI=1S/C18H14Cl2F5N5O/c1-8(30-15(17(24)25)13(20)14(28-30)16(22)23)18(31)26-12-4-5-29(27-12)7-9-2-3-10(21)6-11(9)19/h2-6,8,16-17H,7H2,1H3,(H,26,27,31). The number of hydrogen-bond donors (Lipinski definition) is 1. The number of amides is 1. The van der Waals surface area contributed by atoms with Crippen LogP contribution in [0.5, 0.6) is 0 Å². The van der Waals surface area contributed by atoms with Gasteiger partial charge in [-0.3, -0.25) is 9.48 Å². The van der Waals surface area contributed by atoms with Crippen LogP contribution in [0, 0.1) is 5.82 Å².